The minimum atomic E-state index is -0.529. The third-order valence-electron chi connectivity index (χ3n) is 5.95. The van der Waals surface area contributed by atoms with E-state index in [4.69, 9.17) is 9.73 Å². The van der Waals surface area contributed by atoms with Gasteiger partial charge in [0.25, 0.3) is 5.91 Å². The number of amides is 1. The molecular weight excluding hydrogens is 408 g/mol. The minimum absolute atomic E-state index is 0.121. The van der Waals surface area contributed by atoms with Crippen molar-refractivity contribution in [2.45, 2.75) is 38.8 Å². The first kappa shape index (κ1) is 22.0. The predicted octanol–water partition coefficient (Wildman–Crippen LogP) is 1.96. The number of hydrazine groups is 1. The summed E-state index contributed by atoms with van der Waals surface area (Å²) in [6, 6.07) is 1.46. The second-order valence-corrected chi connectivity index (χ2v) is 8.02. The molecule has 1 unspecified atom stereocenters. The van der Waals surface area contributed by atoms with E-state index in [0.29, 0.717) is 47.6 Å². The van der Waals surface area contributed by atoms with E-state index >= 15 is 0 Å². The summed E-state index contributed by atoms with van der Waals surface area (Å²) in [5, 5.41) is 14.9. The van der Waals surface area contributed by atoms with Gasteiger partial charge in [0.15, 0.2) is 0 Å². The van der Waals surface area contributed by atoms with Gasteiger partial charge >= 0.3 is 0 Å². The standard InChI is InChI=1S/C23H30N6O3/c1-5-8-9-32-23-17(10-15(11-24-23)14(4)30)21-25-19-18(6-2)29(16-12-28(7-3)13-16)27-20(19)22(31)26-21/h5,10-11,16,20,27,30H,1,4,6-9,12-13H2,2-3H3,(H,25,26,31). The summed E-state index contributed by atoms with van der Waals surface area (Å²) >= 11 is 0. The summed E-state index contributed by atoms with van der Waals surface area (Å²) in [5.41, 5.74) is 6.01. The second kappa shape index (κ2) is 9.13. The molecule has 9 nitrogen and oxygen atoms in total. The number of pyridine rings is 1. The average Bonchev–Trinajstić information content (AvgIpc) is 3.12. The zero-order chi connectivity index (χ0) is 22.8. The van der Waals surface area contributed by atoms with Crippen molar-refractivity contribution in [2.24, 2.45) is 4.99 Å². The summed E-state index contributed by atoms with van der Waals surface area (Å²) < 4.78 is 5.80. The number of ether oxygens (including phenoxy) is 1. The van der Waals surface area contributed by atoms with Gasteiger partial charge in [-0.05, 0) is 25.5 Å². The maximum absolute atomic E-state index is 13.0. The van der Waals surface area contributed by atoms with Gasteiger partial charge < -0.3 is 20.2 Å². The van der Waals surface area contributed by atoms with Gasteiger partial charge in [0.1, 0.15) is 17.6 Å². The number of aromatic nitrogens is 1. The fraction of sp³-hybridized carbons (Fsp3) is 0.435. The molecule has 1 atom stereocenters. The molecule has 1 amide bonds. The first-order chi connectivity index (χ1) is 15.5. The summed E-state index contributed by atoms with van der Waals surface area (Å²) in [7, 11) is 0. The number of amidine groups is 1. The van der Waals surface area contributed by atoms with Crippen LogP contribution in [0.2, 0.25) is 0 Å². The second-order valence-electron chi connectivity index (χ2n) is 8.02. The van der Waals surface area contributed by atoms with E-state index in [2.05, 4.69) is 52.6 Å². The summed E-state index contributed by atoms with van der Waals surface area (Å²) in [5.74, 6) is 0.372. The van der Waals surface area contributed by atoms with Gasteiger partial charge in [-0.2, -0.15) is 0 Å². The van der Waals surface area contributed by atoms with Crippen LogP contribution in [0.5, 0.6) is 5.88 Å². The Bertz CT molecular complexity index is 995. The van der Waals surface area contributed by atoms with Crippen LogP contribution in [0.15, 0.2) is 47.9 Å². The Labute approximate surface area is 188 Å². The van der Waals surface area contributed by atoms with Crippen LogP contribution in [0.25, 0.3) is 5.76 Å². The van der Waals surface area contributed by atoms with Crippen LogP contribution in [0, 0.1) is 0 Å². The topological polar surface area (TPSA) is 102 Å². The number of aliphatic imine (C=N–C) groups is 1. The third kappa shape index (κ3) is 4.01. The summed E-state index contributed by atoms with van der Waals surface area (Å²) in [4.78, 5) is 24.5. The van der Waals surface area contributed by atoms with Crippen molar-refractivity contribution in [2.75, 3.05) is 26.2 Å². The molecule has 1 aromatic rings. The molecule has 3 aliphatic heterocycles. The number of aliphatic hydroxyl groups excluding tert-OH is 1. The Morgan fingerprint density at radius 2 is 2.19 bits per heavy atom. The van der Waals surface area contributed by atoms with Crippen LogP contribution >= 0.6 is 0 Å². The van der Waals surface area contributed by atoms with Crippen molar-refractivity contribution in [3.8, 4) is 5.88 Å². The molecule has 9 heteroatoms. The van der Waals surface area contributed by atoms with Crippen molar-refractivity contribution >= 4 is 17.5 Å². The van der Waals surface area contributed by atoms with Crippen molar-refractivity contribution < 1.29 is 14.6 Å². The molecule has 3 aliphatic rings. The van der Waals surface area contributed by atoms with Crippen LogP contribution in [0.4, 0.5) is 0 Å². The molecule has 170 valence electrons. The molecule has 0 spiro atoms. The van der Waals surface area contributed by atoms with Crippen LogP contribution in [0.1, 0.15) is 37.8 Å². The molecule has 4 heterocycles. The number of carbonyl (C=O) groups is 1. The van der Waals surface area contributed by atoms with Gasteiger partial charge in [-0.1, -0.05) is 26.5 Å². The zero-order valence-corrected chi connectivity index (χ0v) is 18.6. The lowest BCUT2D eigenvalue weighted by molar-refractivity contribution is -0.122. The number of likely N-dealkylation sites (tertiary alicyclic amines) is 1. The maximum Gasteiger partial charge on any atom is 0.250 e. The lowest BCUT2D eigenvalue weighted by Crippen LogP contribution is -2.62. The average molecular weight is 439 g/mol. The number of hydrogen-bond acceptors (Lipinski definition) is 8. The Morgan fingerprint density at radius 3 is 2.84 bits per heavy atom. The number of likely N-dealkylation sites (N-methyl/N-ethyl adjacent to an activating group) is 1. The molecule has 0 radical (unpaired) electrons. The van der Waals surface area contributed by atoms with E-state index in [1.807, 2.05) is 0 Å². The SMILES string of the molecule is C=CCCOc1ncc(C(=C)O)cc1C1=NC2=C(CC)N(C3CN(CC)C3)NC2C(=O)N1. The van der Waals surface area contributed by atoms with Gasteiger partial charge in [0, 0.05) is 24.8 Å². The van der Waals surface area contributed by atoms with Gasteiger partial charge in [0.05, 0.1) is 29.6 Å². The summed E-state index contributed by atoms with van der Waals surface area (Å²) in [6.45, 7) is 14.8. The molecule has 0 aliphatic carbocycles. The van der Waals surface area contributed by atoms with Crippen LogP contribution in [-0.4, -0.2) is 70.1 Å². The predicted molar refractivity (Wildman–Crippen MR) is 123 cm³/mol. The highest BCUT2D eigenvalue weighted by molar-refractivity contribution is 6.13. The van der Waals surface area contributed by atoms with Gasteiger partial charge in [-0.15, -0.1) is 6.58 Å². The quantitative estimate of drug-likeness (QED) is 0.308. The Morgan fingerprint density at radius 1 is 1.41 bits per heavy atom. The first-order valence-electron chi connectivity index (χ1n) is 11.0. The smallest absolute Gasteiger partial charge is 0.250 e. The van der Waals surface area contributed by atoms with E-state index in [0.717, 1.165) is 31.8 Å². The van der Waals surface area contributed by atoms with Crippen LogP contribution in [0.3, 0.4) is 0 Å². The molecule has 1 saturated heterocycles. The fourth-order valence-electron chi connectivity index (χ4n) is 4.12. The van der Waals surface area contributed by atoms with E-state index < -0.39 is 6.04 Å². The highest BCUT2D eigenvalue weighted by Gasteiger charge is 2.44. The number of fused-ring (bicyclic) bond motifs is 1. The number of nitrogens with zero attached hydrogens (tertiary/aromatic N) is 4. The van der Waals surface area contributed by atoms with E-state index in [1.165, 1.54) is 6.20 Å². The number of rotatable bonds is 9. The lowest BCUT2D eigenvalue weighted by atomic mass is 10.1. The van der Waals surface area contributed by atoms with Crippen LogP contribution in [-0.2, 0) is 4.79 Å². The fourth-order valence-corrected chi connectivity index (χ4v) is 4.12. The first-order valence-corrected chi connectivity index (χ1v) is 11.0. The molecule has 1 aromatic heterocycles. The normalized spacial score (nSPS) is 21.1. The molecule has 3 N–H and O–H groups in total. The number of carbonyl (C=O) groups excluding carboxylic acids is 1. The number of nitrogens with one attached hydrogen (secondary N) is 2. The maximum atomic E-state index is 13.0. The molecule has 32 heavy (non-hydrogen) atoms. The van der Waals surface area contributed by atoms with E-state index in [-0.39, 0.29) is 11.7 Å². The van der Waals surface area contributed by atoms with E-state index in [9.17, 15) is 9.90 Å². The Kier molecular flexibility index (Phi) is 6.29. The van der Waals surface area contributed by atoms with E-state index in [1.54, 1.807) is 12.1 Å². The summed E-state index contributed by atoms with van der Waals surface area (Å²) in [6.07, 6.45) is 4.64. The lowest BCUT2D eigenvalue weighted by Gasteiger charge is -2.45. The largest absolute Gasteiger partial charge is 0.508 e. The molecule has 0 aromatic carbocycles. The molecular formula is C23H30N6O3. The Hall–Kier alpha value is -3.17. The highest BCUT2D eigenvalue weighted by Crippen LogP contribution is 2.32. The van der Waals surface area contributed by atoms with Gasteiger partial charge in [0.2, 0.25) is 5.88 Å². The third-order valence-corrected chi connectivity index (χ3v) is 5.95. The molecule has 0 saturated carbocycles. The molecule has 1 fully saturated rings. The van der Waals surface area contributed by atoms with Crippen LogP contribution < -0.4 is 15.5 Å². The van der Waals surface area contributed by atoms with Crippen molar-refractivity contribution in [1.29, 1.82) is 0 Å². The number of allylic oxidation sites excluding steroid dienone is 1. The monoisotopic (exact) mass is 438 g/mol. The van der Waals surface area contributed by atoms with Gasteiger partial charge in [-0.25, -0.2) is 15.4 Å². The molecule has 4 rings (SSSR count). The zero-order valence-electron chi connectivity index (χ0n) is 18.6. The van der Waals surface area contributed by atoms with Gasteiger partial charge in [-0.3, -0.25) is 9.69 Å². The Balaban J connectivity index is 1.71. The number of aliphatic hydroxyl groups is 1. The number of hydrogen-bond donors (Lipinski definition) is 3. The van der Waals surface area contributed by atoms with Crippen molar-refractivity contribution in [1.82, 2.24) is 25.6 Å². The highest BCUT2D eigenvalue weighted by atomic mass is 16.5. The van der Waals surface area contributed by atoms with Crippen molar-refractivity contribution in [3.63, 3.8) is 0 Å². The van der Waals surface area contributed by atoms with Crippen molar-refractivity contribution in [3.05, 3.63) is 54.0 Å². The minimum Gasteiger partial charge on any atom is -0.508 e. The molecule has 0 bridgehead atoms.